The van der Waals surface area contributed by atoms with E-state index in [9.17, 15) is 10.2 Å². The predicted octanol–water partition coefficient (Wildman–Crippen LogP) is 15.8. The van der Waals surface area contributed by atoms with Crippen molar-refractivity contribution in [2.24, 2.45) is 0 Å². The molecule has 7 aromatic carbocycles. The molecule has 0 unspecified atom stereocenters. The molecule has 316 valence electrons. The zero-order valence-corrected chi connectivity index (χ0v) is 39.1. The lowest BCUT2D eigenvalue weighted by Crippen LogP contribution is -2.21. The molecule has 11 rings (SSSR count). The second-order valence-electron chi connectivity index (χ2n) is 16.7. The summed E-state index contributed by atoms with van der Waals surface area (Å²) < 4.78 is 3.46. The smallest absolute Gasteiger partial charge is 0.196 e. The summed E-state index contributed by atoms with van der Waals surface area (Å²) in [4.78, 5) is 33.1. The van der Waals surface area contributed by atoms with E-state index in [-0.39, 0.29) is 32.1 Å². The first-order chi connectivity index (χ1) is 31.6. The van der Waals surface area contributed by atoms with Crippen LogP contribution in [0, 0.1) is 27.7 Å². The van der Waals surface area contributed by atoms with E-state index in [1.807, 2.05) is 92.7 Å². The Morgan fingerprint density at radius 1 is 0.400 bits per heavy atom. The minimum Gasteiger partial charge on any atom is -0.499 e. The van der Waals surface area contributed by atoms with Gasteiger partial charge in [0.1, 0.15) is 0 Å². The Morgan fingerprint density at radius 2 is 0.754 bits per heavy atom. The van der Waals surface area contributed by atoms with Gasteiger partial charge in [0.15, 0.2) is 21.0 Å². The summed E-state index contributed by atoms with van der Waals surface area (Å²) in [5, 5.41) is 26.9. The molecule has 0 bridgehead atoms. The average Bonchev–Trinajstić information content (AvgIpc) is 3.91. The molecule has 4 nitrogen and oxygen atoms in total. The third-order valence-electron chi connectivity index (χ3n) is 12.6. The van der Waals surface area contributed by atoms with E-state index < -0.39 is 5.92 Å². The van der Waals surface area contributed by atoms with Crippen LogP contribution >= 0.6 is 45.3 Å². The first-order valence-electron chi connectivity index (χ1n) is 21.4. The molecule has 2 N–H and O–H groups in total. The summed E-state index contributed by atoms with van der Waals surface area (Å²) in [5.41, 5.74) is 10.5. The van der Waals surface area contributed by atoms with Gasteiger partial charge in [0.25, 0.3) is 0 Å². The molecule has 0 amide bonds. The highest BCUT2D eigenvalue weighted by Crippen LogP contribution is 2.52. The number of fused-ring (bicyclic) bond motifs is 4. The van der Waals surface area contributed by atoms with Gasteiger partial charge < -0.3 is 10.2 Å². The Bertz CT molecular complexity index is 3560. The van der Waals surface area contributed by atoms with E-state index in [4.69, 9.17) is 0 Å². The summed E-state index contributed by atoms with van der Waals surface area (Å²) in [6.45, 7) is 8.19. The summed E-state index contributed by atoms with van der Waals surface area (Å²) in [6.07, 6.45) is 0. The number of aryl methyl sites for hydroxylation is 4. The molecule has 65 heavy (non-hydrogen) atoms. The van der Waals surface area contributed by atoms with Crippen molar-refractivity contribution in [1.82, 2.24) is 0 Å². The lowest BCUT2D eigenvalue weighted by molar-refractivity contribution is 0.473. The molecular formula is C57H40O4S4. The van der Waals surface area contributed by atoms with Crippen molar-refractivity contribution in [3.05, 3.63) is 211 Å². The highest BCUT2D eigenvalue weighted by Gasteiger charge is 2.33. The zero-order valence-electron chi connectivity index (χ0n) is 35.9. The minimum atomic E-state index is -1.07. The maximum absolute atomic E-state index is 15.5. The molecule has 0 saturated heterocycles. The number of hydrogen-bond donors (Lipinski definition) is 2. The maximum atomic E-state index is 15.5. The zero-order chi connectivity index (χ0) is 44.7. The lowest BCUT2D eigenvalue weighted by atomic mass is 9.85. The molecule has 0 radical (unpaired) electrons. The number of benzene rings is 7. The Balaban J connectivity index is 1.19. The van der Waals surface area contributed by atoms with Gasteiger partial charge >= 0.3 is 0 Å². The van der Waals surface area contributed by atoms with E-state index in [0.29, 0.717) is 25.7 Å². The van der Waals surface area contributed by atoms with E-state index in [1.165, 1.54) is 0 Å². The third-order valence-corrected chi connectivity index (χ3v) is 17.7. The second kappa shape index (κ2) is 16.1. The van der Waals surface area contributed by atoms with Gasteiger partial charge in [0.05, 0.1) is 17.0 Å². The van der Waals surface area contributed by atoms with Crippen LogP contribution < -0.4 is 10.9 Å². The molecule has 0 spiro atoms. The van der Waals surface area contributed by atoms with Crippen LogP contribution in [0.15, 0.2) is 161 Å². The normalized spacial score (nSPS) is 11.8. The van der Waals surface area contributed by atoms with Gasteiger partial charge in [-0.1, -0.05) is 173 Å². The fraction of sp³-hybridized carbons (Fsp3) is 0.0877. The number of hydrogen-bond acceptors (Lipinski definition) is 8. The Kier molecular flexibility index (Phi) is 10.2. The maximum Gasteiger partial charge on any atom is 0.196 e. The van der Waals surface area contributed by atoms with Crippen LogP contribution in [-0.2, 0) is 0 Å². The quantitative estimate of drug-likeness (QED) is 0.167. The van der Waals surface area contributed by atoms with Crippen molar-refractivity contribution in [3.8, 4) is 53.3 Å². The first kappa shape index (κ1) is 41.1. The topological polar surface area (TPSA) is 74.6 Å². The Hall–Kier alpha value is -6.68. The fourth-order valence-electron chi connectivity index (χ4n) is 9.37. The third kappa shape index (κ3) is 6.74. The van der Waals surface area contributed by atoms with E-state index >= 15 is 9.59 Å². The van der Waals surface area contributed by atoms with Gasteiger partial charge in [-0.25, -0.2) is 0 Å². The van der Waals surface area contributed by atoms with Crippen LogP contribution in [-0.4, -0.2) is 10.2 Å². The van der Waals surface area contributed by atoms with Crippen molar-refractivity contribution in [2.75, 3.05) is 0 Å². The van der Waals surface area contributed by atoms with Crippen LogP contribution in [0.25, 0.3) is 83.5 Å². The van der Waals surface area contributed by atoms with Gasteiger partial charge in [-0.3, -0.25) is 9.59 Å². The second-order valence-corrected chi connectivity index (χ2v) is 20.8. The van der Waals surface area contributed by atoms with Crippen LogP contribution in [0.5, 0.6) is 10.1 Å². The molecule has 0 atom stereocenters. The molecule has 0 saturated carbocycles. The Morgan fingerprint density at radius 3 is 1.14 bits per heavy atom. The minimum absolute atomic E-state index is 0.0711. The summed E-state index contributed by atoms with van der Waals surface area (Å²) in [6, 6.07) is 50.9. The van der Waals surface area contributed by atoms with Crippen molar-refractivity contribution in [3.63, 3.8) is 0 Å². The molecular weight excluding hydrogens is 877 g/mol. The number of rotatable bonds is 7. The average molecular weight is 917 g/mol. The SMILES string of the molecule is Cc1ccc(-c2c(-c3ccccc3)sc3c(C)c4sc(O)c(C(c5ccccc5)c5c(O)sc6c(C)c7sc(-c8ccccc8)c(-c8ccc(C)cc8)c7cc6c5=O)c(=O)c4cc23)cc1. The summed E-state index contributed by atoms with van der Waals surface area (Å²) in [5.74, 6) is -1.07. The van der Waals surface area contributed by atoms with Crippen LogP contribution in [0.1, 0.15) is 44.9 Å². The van der Waals surface area contributed by atoms with Crippen LogP contribution in [0.2, 0.25) is 0 Å². The molecule has 4 aromatic heterocycles. The largest absolute Gasteiger partial charge is 0.499 e. The van der Waals surface area contributed by atoms with Crippen LogP contribution in [0.4, 0.5) is 0 Å². The van der Waals surface area contributed by atoms with Crippen LogP contribution in [0.3, 0.4) is 0 Å². The monoisotopic (exact) mass is 916 g/mol. The van der Waals surface area contributed by atoms with Gasteiger partial charge in [-0.2, -0.15) is 0 Å². The van der Waals surface area contributed by atoms with Crippen molar-refractivity contribution < 1.29 is 10.2 Å². The highest BCUT2D eigenvalue weighted by atomic mass is 32.1. The molecule has 0 aliphatic rings. The molecule has 0 fully saturated rings. The predicted molar refractivity (Wildman–Crippen MR) is 278 cm³/mol. The van der Waals surface area contributed by atoms with Crippen molar-refractivity contribution in [2.45, 2.75) is 33.6 Å². The standard InChI is InChI=1S/C57H40O4S4/c1-30-20-24-35(25-21-30)43-39-28-41-48(58)46(56(60)64-52(41)32(3)50(39)62-54(43)37-16-10-6-11-17-37)45(34-14-8-5-9-15-34)47-49(59)42-29-40-44(36-26-22-31(2)23-27-36)55(38-18-12-7-13-19-38)63-51(40)33(4)53(42)65-57(47)61/h5-29,45,60-61H,1-4H3. The molecule has 0 aliphatic carbocycles. The molecule has 8 heteroatoms. The summed E-state index contributed by atoms with van der Waals surface area (Å²) >= 11 is 5.69. The van der Waals surface area contributed by atoms with E-state index in [2.05, 4.69) is 86.6 Å². The molecule has 0 aliphatic heterocycles. The van der Waals surface area contributed by atoms with Crippen molar-refractivity contribution in [1.29, 1.82) is 0 Å². The fourth-order valence-corrected chi connectivity index (χ4v) is 14.2. The van der Waals surface area contributed by atoms with Crippen molar-refractivity contribution >= 4 is 85.7 Å². The van der Waals surface area contributed by atoms with Gasteiger partial charge in [0.2, 0.25) is 0 Å². The number of aromatic hydroxyl groups is 2. The van der Waals surface area contributed by atoms with E-state index in [0.717, 1.165) is 108 Å². The molecule has 4 heterocycles. The first-order valence-corrected chi connectivity index (χ1v) is 24.6. The molecule has 11 aromatic rings. The van der Waals surface area contributed by atoms with Gasteiger partial charge in [0, 0.05) is 61.2 Å². The highest BCUT2D eigenvalue weighted by molar-refractivity contribution is 7.25. The Labute approximate surface area is 391 Å². The van der Waals surface area contributed by atoms with E-state index in [1.54, 1.807) is 22.7 Å². The lowest BCUT2D eigenvalue weighted by Gasteiger charge is -2.20. The van der Waals surface area contributed by atoms with Gasteiger partial charge in [-0.05, 0) is 78.8 Å². The number of thiophene rings is 2. The summed E-state index contributed by atoms with van der Waals surface area (Å²) in [7, 11) is 0. The van der Waals surface area contributed by atoms with Gasteiger partial charge in [-0.15, -0.1) is 22.7 Å².